The second kappa shape index (κ2) is 8.92. The zero-order chi connectivity index (χ0) is 20.1. The minimum atomic E-state index is -3.44. The van der Waals surface area contributed by atoms with Crippen LogP contribution >= 0.6 is 0 Å². The molecule has 0 saturated heterocycles. The molecule has 1 rings (SSSR count). The van der Waals surface area contributed by atoms with Gasteiger partial charge in [-0.1, -0.05) is 19.9 Å². The van der Waals surface area contributed by atoms with Crippen LogP contribution < -0.4 is 0 Å². The molecule has 1 N–H and O–H groups in total. The highest BCUT2D eigenvalue weighted by Gasteiger charge is 2.30. The van der Waals surface area contributed by atoms with Gasteiger partial charge in [0.25, 0.3) is 0 Å². The molecule has 26 heavy (non-hydrogen) atoms. The van der Waals surface area contributed by atoms with E-state index in [4.69, 9.17) is 9.84 Å². The Balaban J connectivity index is 3.23. The lowest BCUT2D eigenvalue weighted by Gasteiger charge is -2.31. The van der Waals surface area contributed by atoms with Gasteiger partial charge in [0.15, 0.2) is 0 Å². The van der Waals surface area contributed by atoms with Crippen molar-refractivity contribution in [3.63, 3.8) is 0 Å². The quantitative estimate of drug-likeness (QED) is 0.665. The Kier molecular flexibility index (Phi) is 7.73. The number of aryl methyl sites for hydroxylation is 1. The molecule has 1 aromatic carbocycles. The fourth-order valence-electron chi connectivity index (χ4n) is 2.83. The molecule has 6 nitrogen and oxygen atoms in total. The van der Waals surface area contributed by atoms with Gasteiger partial charge in [0, 0.05) is 18.7 Å². The van der Waals surface area contributed by atoms with Crippen LogP contribution in [0.2, 0.25) is 0 Å². The first-order valence-corrected chi connectivity index (χ1v) is 10.4. The van der Waals surface area contributed by atoms with Gasteiger partial charge in [0.05, 0.1) is 11.9 Å². The maximum Gasteiger partial charge on any atom is 0.329 e. The predicted molar refractivity (Wildman–Crippen MR) is 97.9 cm³/mol. The number of aliphatic carboxylic acids is 1. The topological polar surface area (TPSA) is 83.9 Å². The Bertz CT molecular complexity index is 750. The number of benzene rings is 1. The van der Waals surface area contributed by atoms with E-state index >= 15 is 0 Å². The van der Waals surface area contributed by atoms with Gasteiger partial charge in [-0.2, -0.15) is 4.31 Å². The highest BCUT2D eigenvalue weighted by molar-refractivity contribution is 7.88. The molecule has 0 spiro atoms. The van der Waals surface area contributed by atoms with Gasteiger partial charge in [-0.05, 0) is 43.9 Å². The van der Waals surface area contributed by atoms with E-state index in [0.29, 0.717) is 24.9 Å². The van der Waals surface area contributed by atoms with Crippen LogP contribution in [0.15, 0.2) is 12.1 Å². The van der Waals surface area contributed by atoms with Crippen LogP contribution in [0, 0.1) is 12.7 Å². The van der Waals surface area contributed by atoms with Crippen molar-refractivity contribution in [2.45, 2.75) is 52.7 Å². The molecular weight excluding hydrogens is 361 g/mol. The summed E-state index contributed by atoms with van der Waals surface area (Å²) in [6.07, 6.45) is 2.20. The number of carboxylic acid groups (broad SMARTS) is 1. The molecule has 0 saturated carbocycles. The number of rotatable bonds is 10. The molecule has 8 heteroatoms. The minimum absolute atomic E-state index is 0.0432. The smallest absolute Gasteiger partial charge is 0.329 e. The van der Waals surface area contributed by atoms with E-state index in [2.05, 4.69) is 0 Å². The number of nitrogens with zero attached hydrogens (tertiary/aromatic N) is 1. The highest BCUT2D eigenvalue weighted by Crippen LogP contribution is 2.33. The fourth-order valence-corrected chi connectivity index (χ4v) is 3.71. The van der Waals surface area contributed by atoms with E-state index < -0.39 is 34.0 Å². The summed E-state index contributed by atoms with van der Waals surface area (Å²) in [6.45, 7) is 6.98. The number of hydrogen-bond acceptors (Lipinski definition) is 4. The number of carboxylic acids is 1. The third-order valence-corrected chi connectivity index (χ3v) is 5.69. The molecule has 0 aromatic heterocycles. The van der Waals surface area contributed by atoms with Gasteiger partial charge in [-0.3, -0.25) is 0 Å². The molecule has 0 bridgehead atoms. The van der Waals surface area contributed by atoms with Gasteiger partial charge < -0.3 is 9.84 Å². The Labute approximate surface area is 155 Å². The minimum Gasteiger partial charge on any atom is -0.480 e. The second-order valence-corrected chi connectivity index (χ2v) is 8.60. The van der Waals surface area contributed by atoms with E-state index in [9.17, 15) is 17.6 Å². The SMILES string of the molecule is CCCN(Cc1cc(C)c(C(C)(CC)OCC(=O)O)cc1F)S(C)(=O)=O. The second-order valence-electron chi connectivity index (χ2n) is 6.62. The Morgan fingerprint density at radius 3 is 2.42 bits per heavy atom. The van der Waals surface area contributed by atoms with E-state index in [-0.39, 0.29) is 12.1 Å². The van der Waals surface area contributed by atoms with Crippen molar-refractivity contribution in [1.82, 2.24) is 4.31 Å². The van der Waals surface area contributed by atoms with Crippen LogP contribution in [0.4, 0.5) is 4.39 Å². The number of carbonyl (C=O) groups is 1. The number of sulfonamides is 1. The Hall–Kier alpha value is -1.51. The standard InChI is InChI=1S/C18H28FNO5S/c1-6-8-20(26(5,23)24)11-14-9-13(3)15(10-16(14)19)18(4,7-2)25-12-17(21)22/h9-10H,6-8,11-12H2,1-5H3,(H,21,22). The molecule has 0 aliphatic rings. The molecule has 0 fully saturated rings. The first-order valence-electron chi connectivity index (χ1n) is 8.55. The van der Waals surface area contributed by atoms with Crippen LogP contribution in [0.1, 0.15) is 50.3 Å². The number of halogens is 1. The number of hydrogen-bond donors (Lipinski definition) is 1. The summed E-state index contributed by atoms with van der Waals surface area (Å²) >= 11 is 0. The Morgan fingerprint density at radius 2 is 1.96 bits per heavy atom. The summed E-state index contributed by atoms with van der Waals surface area (Å²) in [5, 5.41) is 8.85. The fraction of sp³-hybridized carbons (Fsp3) is 0.611. The largest absolute Gasteiger partial charge is 0.480 e. The molecule has 0 aliphatic heterocycles. The van der Waals surface area contributed by atoms with Crippen molar-refractivity contribution >= 4 is 16.0 Å². The van der Waals surface area contributed by atoms with Crippen molar-refractivity contribution in [3.8, 4) is 0 Å². The first kappa shape index (κ1) is 22.5. The lowest BCUT2D eigenvalue weighted by molar-refractivity contribution is -0.149. The third-order valence-electron chi connectivity index (χ3n) is 4.44. The van der Waals surface area contributed by atoms with Gasteiger partial charge in [0.1, 0.15) is 12.4 Å². The van der Waals surface area contributed by atoms with Crippen molar-refractivity contribution < 1.29 is 27.4 Å². The first-order chi connectivity index (χ1) is 11.9. The third kappa shape index (κ3) is 5.75. The summed E-state index contributed by atoms with van der Waals surface area (Å²) in [5.41, 5.74) is 0.619. The van der Waals surface area contributed by atoms with Crippen molar-refractivity contribution in [2.75, 3.05) is 19.4 Å². The van der Waals surface area contributed by atoms with Crippen LogP contribution in [0.25, 0.3) is 0 Å². The monoisotopic (exact) mass is 389 g/mol. The van der Waals surface area contributed by atoms with E-state index in [1.807, 2.05) is 13.8 Å². The van der Waals surface area contributed by atoms with E-state index in [0.717, 1.165) is 11.8 Å². The van der Waals surface area contributed by atoms with Gasteiger partial charge in [-0.15, -0.1) is 0 Å². The van der Waals surface area contributed by atoms with Gasteiger partial charge >= 0.3 is 5.97 Å². The maximum absolute atomic E-state index is 14.7. The predicted octanol–water partition coefficient (Wildman–Crippen LogP) is 3.03. The van der Waals surface area contributed by atoms with Crippen LogP contribution in [0.3, 0.4) is 0 Å². The molecule has 1 aromatic rings. The molecule has 0 aliphatic carbocycles. The summed E-state index contributed by atoms with van der Waals surface area (Å²) in [4.78, 5) is 10.8. The number of ether oxygens (including phenoxy) is 1. The molecular formula is C18H28FNO5S. The molecule has 148 valence electrons. The lowest BCUT2D eigenvalue weighted by atomic mass is 9.88. The zero-order valence-corrected chi connectivity index (χ0v) is 16.8. The molecule has 0 heterocycles. The molecule has 1 atom stereocenters. The average Bonchev–Trinajstić information content (AvgIpc) is 2.54. The molecule has 0 radical (unpaired) electrons. The van der Waals surface area contributed by atoms with E-state index in [1.54, 1.807) is 19.9 Å². The summed E-state index contributed by atoms with van der Waals surface area (Å²) in [6, 6.07) is 2.93. The van der Waals surface area contributed by atoms with Crippen molar-refractivity contribution in [1.29, 1.82) is 0 Å². The molecule has 1 unspecified atom stereocenters. The van der Waals surface area contributed by atoms with Crippen LogP contribution in [-0.2, 0) is 31.7 Å². The summed E-state index contributed by atoms with van der Waals surface area (Å²) in [5.74, 6) is -1.63. The summed E-state index contributed by atoms with van der Waals surface area (Å²) in [7, 11) is -3.44. The maximum atomic E-state index is 14.7. The van der Waals surface area contributed by atoms with Gasteiger partial charge in [-0.25, -0.2) is 17.6 Å². The highest BCUT2D eigenvalue weighted by atomic mass is 32.2. The van der Waals surface area contributed by atoms with Crippen LogP contribution in [-0.4, -0.2) is 43.2 Å². The van der Waals surface area contributed by atoms with Crippen LogP contribution in [0.5, 0.6) is 0 Å². The zero-order valence-electron chi connectivity index (χ0n) is 16.0. The normalized spacial score (nSPS) is 14.4. The van der Waals surface area contributed by atoms with Crippen molar-refractivity contribution in [3.05, 3.63) is 34.6 Å². The van der Waals surface area contributed by atoms with Gasteiger partial charge in [0.2, 0.25) is 10.0 Å². The van der Waals surface area contributed by atoms with E-state index in [1.165, 1.54) is 10.4 Å². The van der Waals surface area contributed by atoms with Crippen molar-refractivity contribution in [2.24, 2.45) is 0 Å². The molecule has 0 amide bonds. The average molecular weight is 389 g/mol. The lowest BCUT2D eigenvalue weighted by Crippen LogP contribution is -2.31. The Morgan fingerprint density at radius 1 is 1.35 bits per heavy atom. The summed E-state index contributed by atoms with van der Waals surface area (Å²) < 4.78 is 45.2.